The van der Waals surface area contributed by atoms with Crippen LogP contribution in [-0.4, -0.2) is 57.4 Å². The molecule has 0 saturated heterocycles. The zero-order valence-corrected chi connectivity index (χ0v) is 23.2. The number of hydrogen-bond acceptors (Lipinski definition) is 7. The van der Waals surface area contributed by atoms with Crippen LogP contribution in [0.2, 0.25) is 0 Å². The molecule has 0 unspecified atom stereocenters. The molecule has 4 aliphatic carbocycles. The lowest BCUT2D eigenvalue weighted by Gasteiger charge is -2.64. The number of hydrogen-bond donors (Lipinski definition) is 1. The third kappa shape index (κ3) is 3.56. The molecule has 0 aliphatic heterocycles. The summed E-state index contributed by atoms with van der Waals surface area (Å²) >= 11 is 7.14. The topological polar surface area (TPSA) is 107 Å². The molecule has 35 heavy (non-hydrogen) atoms. The first kappa shape index (κ1) is 26.7. The van der Waals surface area contributed by atoms with Crippen molar-refractivity contribution >= 4 is 55.4 Å². The minimum atomic E-state index is -1.62. The molecule has 10 heteroatoms. The second-order valence-corrected chi connectivity index (χ2v) is 12.8. The molecule has 4 aliphatic rings. The van der Waals surface area contributed by atoms with Crippen LogP contribution in [0.15, 0.2) is 22.2 Å². The Morgan fingerprint density at radius 1 is 1.20 bits per heavy atom. The Morgan fingerprint density at radius 2 is 1.86 bits per heavy atom. The molecule has 192 valence electrons. The summed E-state index contributed by atoms with van der Waals surface area (Å²) in [4.78, 5) is 49.4. The zero-order valence-electron chi connectivity index (χ0n) is 20.0. The van der Waals surface area contributed by atoms with Gasteiger partial charge in [-0.05, 0) is 65.1 Å². The lowest BCUT2D eigenvalue weighted by molar-refractivity contribution is -0.197. The predicted molar refractivity (Wildman–Crippen MR) is 130 cm³/mol. The van der Waals surface area contributed by atoms with Gasteiger partial charge in [0.2, 0.25) is 5.78 Å². The Bertz CT molecular complexity index is 1070. The van der Waals surface area contributed by atoms with E-state index < -0.39 is 63.3 Å². The van der Waals surface area contributed by atoms with Crippen LogP contribution < -0.4 is 0 Å². The summed E-state index contributed by atoms with van der Waals surface area (Å²) in [6.45, 7) is 5.45. The molecule has 0 aromatic carbocycles. The standard InChI is InChI=1S/C25H29Br2FO7/c1-12(29)34-11-21(33)24(35-13(2)30)6-5-14-15-7-18(28)16-8-19(31)17(26)9-23(16,4)25(15,27)20(32)10-22(14,24)3/h8-9,14-15,18,20,32H,5-7,10-11H2,1-4H3/t14-,15-,18+,20-,22-,23-,24-,25-/m0/s1. The first-order chi connectivity index (χ1) is 16.1. The number of carbonyl (C=O) groups is 4. The normalized spacial score (nSPS) is 44.3. The number of allylic oxidation sites excluding steroid dienone is 4. The van der Waals surface area contributed by atoms with Crippen molar-refractivity contribution in [1.29, 1.82) is 0 Å². The Balaban J connectivity index is 1.82. The molecule has 0 heterocycles. The first-order valence-corrected chi connectivity index (χ1v) is 13.2. The molecule has 0 amide bonds. The fourth-order valence-electron chi connectivity index (χ4n) is 7.46. The van der Waals surface area contributed by atoms with Crippen molar-refractivity contribution in [1.82, 2.24) is 0 Å². The van der Waals surface area contributed by atoms with E-state index in [1.807, 2.05) is 6.92 Å². The maximum Gasteiger partial charge on any atom is 0.303 e. The molecule has 0 spiro atoms. The van der Waals surface area contributed by atoms with Gasteiger partial charge < -0.3 is 14.6 Å². The highest BCUT2D eigenvalue weighted by Crippen LogP contribution is 2.72. The van der Waals surface area contributed by atoms with Gasteiger partial charge in [-0.3, -0.25) is 19.2 Å². The van der Waals surface area contributed by atoms with E-state index in [2.05, 4.69) is 31.9 Å². The lowest BCUT2D eigenvalue weighted by Crippen LogP contribution is -2.70. The molecule has 1 N–H and O–H groups in total. The summed E-state index contributed by atoms with van der Waals surface area (Å²) in [5, 5.41) is 11.7. The van der Waals surface area contributed by atoms with Gasteiger partial charge in [-0.1, -0.05) is 35.9 Å². The molecule has 7 nitrogen and oxygen atoms in total. The van der Waals surface area contributed by atoms with Crippen LogP contribution in [0.1, 0.15) is 53.4 Å². The van der Waals surface area contributed by atoms with E-state index in [-0.39, 0.29) is 31.0 Å². The Hall–Kier alpha value is -1.39. The zero-order chi connectivity index (χ0) is 26.1. The number of aliphatic hydroxyl groups is 1. The fraction of sp³-hybridized carbons (Fsp3) is 0.680. The largest absolute Gasteiger partial charge is 0.458 e. The number of aliphatic hydroxyl groups excluding tert-OH is 1. The van der Waals surface area contributed by atoms with Crippen LogP contribution in [0.3, 0.4) is 0 Å². The van der Waals surface area contributed by atoms with Gasteiger partial charge in [-0.2, -0.15) is 0 Å². The number of fused-ring (bicyclic) bond motifs is 5. The Labute approximate surface area is 220 Å². The molecule has 8 atom stereocenters. The number of rotatable bonds is 4. The SMILES string of the molecule is CC(=O)OCC(=O)[C@@]1(OC(C)=O)CC[C@H]2[C@@H]3C[C@@H](F)C4=CC(=O)C(Br)=C[C@]4(C)[C@@]3(Br)[C@@H](O)C[C@@]21C. The molecule has 4 rings (SSSR count). The number of ketones is 2. The minimum Gasteiger partial charge on any atom is -0.458 e. The van der Waals surface area contributed by atoms with E-state index >= 15 is 4.39 Å². The maximum atomic E-state index is 15.7. The van der Waals surface area contributed by atoms with Crippen molar-refractivity contribution in [3.8, 4) is 0 Å². The van der Waals surface area contributed by atoms with Crippen LogP contribution >= 0.6 is 31.9 Å². The number of alkyl halides is 2. The maximum absolute atomic E-state index is 15.7. The average Bonchev–Trinajstić information content (AvgIpc) is 3.03. The van der Waals surface area contributed by atoms with E-state index in [0.717, 1.165) is 0 Å². The molecule has 3 fully saturated rings. The van der Waals surface area contributed by atoms with Gasteiger partial charge in [-0.25, -0.2) is 4.39 Å². The third-order valence-corrected chi connectivity index (χ3v) is 11.5. The van der Waals surface area contributed by atoms with E-state index in [4.69, 9.17) is 9.47 Å². The van der Waals surface area contributed by atoms with E-state index in [1.54, 1.807) is 13.0 Å². The monoisotopic (exact) mass is 618 g/mol. The molecule has 0 radical (unpaired) electrons. The van der Waals surface area contributed by atoms with Gasteiger partial charge >= 0.3 is 11.9 Å². The third-order valence-electron chi connectivity index (χ3n) is 8.98. The summed E-state index contributed by atoms with van der Waals surface area (Å²) in [6.07, 6.45) is 1.23. The number of ether oxygens (including phenoxy) is 2. The van der Waals surface area contributed by atoms with Crippen molar-refractivity contribution in [2.45, 2.75) is 75.6 Å². The summed E-state index contributed by atoms with van der Waals surface area (Å²) in [5.41, 5.74) is -3.34. The van der Waals surface area contributed by atoms with Gasteiger partial charge in [0.25, 0.3) is 0 Å². The average molecular weight is 620 g/mol. The molecular formula is C25H29Br2FO7. The predicted octanol–water partition coefficient (Wildman–Crippen LogP) is 3.89. The second kappa shape index (κ2) is 8.58. The van der Waals surface area contributed by atoms with E-state index in [0.29, 0.717) is 16.5 Å². The molecular weight excluding hydrogens is 591 g/mol. The Morgan fingerprint density at radius 3 is 2.46 bits per heavy atom. The van der Waals surface area contributed by atoms with Crippen molar-refractivity contribution < 1.29 is 38.1 Å². The van der Waals surface area contributed by atoms with E-state index in [9.17, 15) is 24.3 Å². The molecule has 0 bridgehead atoms. The summed E-state index contributed by atoms with van der Waals surface area (Å²) in [5.74, 6) is -2.91. The second-order valence-electron chi connectivity index (χ2n) is 10.6. The van der Waals surface area contributed by atoms with Crippen LogP contribution in [0.25, 0.3) is 0 Å². The number of carbonyl (C=O) groups excluding carboxylic acids is 4. The molecule has 3 saturated carbocycles. The van der Waals surface area contributed by atoms with E-state index in [1.165, 1.54) is 19.9 Å². The van der Waals surface area contributed by atoms with Crippen LogP contribution in [0, 0.1) is 22.7 Å². The Kier molecular flexibility index (Phi) is 6.54. The van der Waals surface area contributed by atoms with Gasteiger partial charge in [0.1, 0.15) is 6.17 Å². The summed E-state index contributed by atoms with van der Waals surface area (Å²) in [6, 6.07) is 0. The summed E-state index contributed by atoms with van der Waals surface area (Å²) in [7, 11) is 0. The van der Waals surface area contributed by atoms with Crippen molar-refractivity contribution in [3.63, 3.8) is 0 Å². The van der Waals surface area contributed by atoms with Gasteiger partial charge in [-0.15, -0.1) is 0 Å². The lowest BCUT2D eigenvalue weighted by atomic mass is 9.45. The smallest absolute Gasteiger partial charge is 0.303 e. The quantitative estimate of drug-likeness (QED) is 0.376. The van der Waals surface area contributed by atoms with Gasteiger partial charge in [0.05, 0.1) is 14.9 Å². The van der Waals surface area contributed by atoms with Crippen molar-refractivity contribution in [3.05, 3.63) is 22.2 Å². The first-order valence-electron chi connectivity index (χ1n) is 11.7. The number of halogens is 3. The highest BCUT2D eigenvalue weighted by Gasteiger charge is 2.75. The van der Waals surface area contributed by atoms with Crippen molar-refractivity contribution in [2.24, 2.45) is 22.7 Å². The summed E-state index contributed by atoms with van der Waals surface area (Å²) < 4.78 is 25.7. The minimum absolute atomic E-state index is 0.0387. The van der Waals surface area contributed by atoms with Crippen LogP contribution in [0.4, 0.5) is 4.39 Å². The van der Waals surface area contributed by atoms with Crippen LogP contribution in [-0.2, 0) is 28.7 Å². The molecule has 0 aromatic rings. The number of Topliss-reactive ketones (excluding diaryl/α,β-unsaturated/α-hetero) is 1. The van der Waals surface area contributed by atoms with Gasteiger partial charge in [0, 0.05) is 24.7 Å². The highest BCUT2D eigenvalue weighted by molar-refractivity contribution is 9.12. The van der Waals surface area contributed by atoms with Crippen LogP contribution in [0.5, 0.6) is 0 Å². The highest BCUT2D eigenvalue weighted by atomic mass is 79.9. The number of esters is 2. The van der Waals surface area contributed by atoms with Gasteiger partial charge in [0.15, 0.2) is 18.0 Å². The van der Waals surface area contributed by atoms with Crippen molar-refractivity contribution in [2.75, 3.05) is 6.61 Å². The molecule has 0 aromatic heterocycles. The fourth-order valence-corrected chi connectivity index (χ4v) is 9.04.